The maximum Gasteiger partial charge on any atom is 0.194 e. The summed E-state index contributed by atoms with van der Waals surface area (Å²) in [5.74, 6) is 0.941. The molecule has 0 saturated heterocycles. The monoisotopic (exact) mass is 557 g/mol. The normalized spacial score (nSPS) is 15.2. The Morgan fingerprint density at radius 3 is 2.87 bits per heavy atom. The van der Waals surface area contributed by atoms with Crippen LogP contribution >= 0.6 is 35.3 Å². The number of fused-ring (bicyclic) bond motifs is 1. The molecule has 2 aromatic rings. The fraction of sp³-hybridized carbons (Fsp3) is 0.565. The Morgan fingerprint density at radius 2 is 2.13 bits per heavy atom. The number of rotatable bonds is 9. The Bertz CT molecular complexity index is 828. The van der Waals surface area contributed by atoms with Crippen LogP contribution in [-0.2, 0) is 24.2 Å². The molecule has 2 heterocycles. The standard InChI is InChI=1S/C23H35N5OS.HI/c1-5-24-23(27(3)16-21-17-30-22(26-21)18(2)29-4)25-12-8-13-28-14-11-19-9-6-7-10-20(19)15-28;/h6-7,9-10,17-18H,5,8,11-16H2,1-4H3,(H,24,25);1H. The molecule has 0 amide bonds. The Morgan fingerprint density at radius 1 is 1.35 bits per heavy atom. The first-order chi connectivity index (χ1) is 14.6. The molecule has 1 N–H and O–H groups in total. The maximum absolute atomic E-state index is 5.37. The predicted molar refractivity (Wildman–Crippen MR) is 140 cm³/mol. The van der Waals surface area contributed by atoms with Crippen molar-refractivity contribution >= 4 is 41.3 Å². The lowest BCUT2D eigenvalue weighted by Crippen LogP contribution is -2.38. The molecule has 0 aliphatic carbocycles. The van der Waals surface area contributed by atoms with Crippen molar-refractivity contribution in [3.05, 3.63) is 51.5 Å². The van der Waals surface area contributed by atoms with Crippen LogP contribution in [0.4, 0.5) is 0 Å². The van der Waals surface area contributed by atoms with E-state index in [1.807, 2.05) is 6.92 Å². The number of thiazole rings is 1. The van der Waals surface area contributed by atoms with Crippen molar-refractivity contribution in [3.63, 3.8) is 0 Å². The van der Waals surface area contributed by atoms with Crippen molar-refractivity contribution in [2.24, 2.45) is 4.99 Å². The largest absolute Gasteiger partial charge is 0.375 e. The van der Waals surface area contributed by atoms with Crippen LogP contribution in [0.5, 0.6) is 0 Å². The molecule has 0 spiro atoms. The molecule has 6 nitrogen and oxygen atoms in total. The van der Waals surface area contributed by atoms with Crippen LogP contribution in [0.2, 0.25) is 0 Å². The molecule has 1 aliphatic rings. The molecule has 0 bridgehead atoms. The van der Waals surface area contributed by atoms with Gasteiger partial charge in [0.25, 0.3) is 0 Å². The zero-order chi connectivity index (χ0) is 21.3. The fourth-order valence-corrected chi connectivity index (χ4v) is 4.54. The first kappa shape index (κ1) is 26.0. The van der Waals surface area contributed by atoms with E-state index in [0.717, 1.165) is 68.8 Å². The molecular weight excluding hydrogens is 521 g/mol. The topological polar surface area (TPSA) is 53.0 Å². The van der Waals surface area contributed by atoms with Gasteiger partial charge in [-0.05, 0) is 37.8 Å². The summed E-state index contributed by atoms with van der Waals surface area (Å²) in [7, 11) is 3.79. The predicted octanol–water partition coefficient (Wildman–Crippen LogP) is 4.31. The molecule has 0 radical (unpaired) electrons. The minimum absolute atomic E-state index is 0. The zero-order valence-electron chi connectivity index (χ0n) is 19.1. The molecule has 8 heteroatoms. The number of nitrogens with zero attached hydrogens (tertiary/aromatic N) is 4. The minimum atomic E-state index is 0. The third-order valence-corrected chi connectivity index (χ3v) is 6.52. The Kier molecular flexibility index (Phi) is 11.2. The number of halogens is 1. The highest BCUT2D eigenvalue weighted by Gasteiger charge is 2.15. The van der Waals surface area contributed by atoms with Crippen molar-refractivity contribution in [2.45, 2.75) is 45.9 Å². The number of aliphatic imine (C=N–C) groups is 1. The molecule has 1 unspecified atom stereocenters. The summed E-state index contributed by atoms with van der Waals surface area (Å²) >= 11 is 1.65. The van der Waals surface area contributed by atoms with Crippen molar-refractivity contribution in [2.75, 3.05) is 40.3 Å². The average Bonchev–Trinajstić information content (AvgIpc) is 3.23. The van der Waals surface area contributed by atoms with E-state index < -0.39 is 0 Å². The van der Waals surface area contributed by atoms with Crippen molar-refractivity contribution in [1.29, 1.82) is 0 Å². The van der Waals surface area contributed by atoms with E-state index in [9.17, 15) is 0 Å². The van der Waals surface area contributed by atoms with Gasteiger partial charge < -0.3 is 15.0 Å². The first-order valence-corrected chi connectivity index (χ1v) is 11.7. The molecule has 1 aromatic carbocycles. The summed E-state index contributed by atoms with van der Waals surface area (Å²) in [4.78, 5) is 14.2. The Balaban J connectivity index is 0.00000341. The van der Waals surface area contributed by atoms with Gasteiger partial charge in [-0.15, -0.1) is 35.3 Å². The summed E-state index contributed by atoms with van der Waals surface area (Å²) in [6, 6.07) is 8.81. The number of guanidine groups is 1. The van der Waals surface area contributed by atoms with Gasteiger partial charge >= 0.3 is 0 Å². The van der Waals surface area contributed by atoms with Crippen LogP contribution in [0.3, 0.4) is 0 Å². The molecule has 31 heavy (non-hydrogen) atoms. The summed E-state index contributed by atoms with van der Waals surface area (Å²) in [6.07, 6.45) is 2.26. The van der Waals surface area contributed by atoms with Crippen LogP contribution in [-0.4, -0.2) is 61.1 Å². The Hall–Kier alpha value is -1.23. The van der Waals surface area contributed by atoms with Gasteiger partial charge in [0.1, 0.15) is 11.1 Å². The lowest BCUT2D eigenvalue weighted by molar-refractivity contribution is 0.119. The lowest BCUT2D eigenvalue weighted by atomic mass is 10.00. The molecule has 0 fully saturated rings. The molecular formula is C23H36IN5OS. The lowest BCUT2D eigenvalue weighted by Gasteiger charge is -2.28. The Labute approximate surface area is 208 Å². The van der Waals surface area contributed by atoms with Crippen LogP contribution in [0.15, 0.2) is 34.6 Å². The van der Waals surface area contributed by atoms with Gasteiger partial charge in [-0.2, -0.15) is 0 Å². The SMILES string of the molecule is CCNC(=NCCCN1CCc2ccccc2C1)N(C)Cc1csc(C(C)OC)n1.I. The van der Waals surface area contributed by atoms with Gasteiger partial charge in [-0.1, -0.05) is 24.3 Å². The van der Waals surface area contributed by atoms with Gasteiger partial charge in [0.15, 0.2) is 5.96 Å². The highest BCUT2D eigenvalue weighted by Crippen LogP contribution is 2.21. The van der Waals surface area contributed by atoms with Crippen LogP contribution in [0, 0.1) is 0 Å². The molecule has 1 aromatic heterocycles. The van der Waals surface area contributed by atoms with Gasteiger partial charge in [0.05, 0.1) is 12.2 Å². The van der Waals surface area contributed by atoms with E-state index in [1.165, 1.54) is 11.1 Å². The number of benzene rings is 1. The van der Waals surface area contributed by atoms with Gasteiger partial charge in [-0.25, -0.2) is 4.98 Å². The molecule has 3 rings (SSSR count). The number of ether oxygens (including phenoxy) is 1. The number of hydrogen-bond acceptors (Lipinski definition) is 5. The van der Waals surface area contributed by atoms with Crippen LogP contribution in [0.1, 0.15) is 48.2 Å². The van der Waals surface area contributed by atoms with E-state index in [-0.39, 0.29) is 30.1 Å². The number of methoxy groups -OCH3 is 1. The van der Waals surface area contributed by atoms with E-state index in [0.29, 0.717) is 0 Å². The quantitative estimate of drug-likeness (QED) is 0.216. The number of hydrogen-bond donors (Lipinski definition) is 1. The van der Waals surface area contributed by atoms with E-state index in [2.05, 4.69) is 58.7 Å². The second kappa shape index (κ2) is 13.3. The van der Waals surface area contributed by atoms with Crippen molar-refractivity contribution in [3.8, 4) is 0 Å². The van der Waals surface area contributed by atoms with Gasteiger partial charge in [0.2, 0.25) is 0 Å². The highest BCUT2D eigenvalue weighted by atomic mass is 127. The highest BCUT2D eigenvalue weighted by molar-refractivity contribution is 14.0. The summed E-state index contributed by atoms with van der Waals surface area (Å²) in [6.45, 7) is 9.85. The van der Waals surface area contributed by atoms with Gasteiger partial charge in [-0.3, -0.25) is 9.89 Å². The number of nitrogens with one attached hydrogen (secondary N) is 1. The third-order valence-electron chi connectivity index (χ3n) is 5.47. The van der Waals surface area contributed by atoms with E-state index >= 15 is 0 Å². The fourth-order valence-electron chi connectivity index (χ4n) is 3.69. The van der Waals surface area contributed by atoms with E-state index in [4.69, 9.17) is 14.7 Å². The number of aromatic nitrogens is 1. The van der Waals surface area contributed by atoms with Crippen LogP contribution < -0.4 is 5.32 Å². The summed E-state index contributed by atoms with van der Waals surface area (Å²) in [5, 5.41) is 6.54. The summed E-state index contributed by atoms with van der Waals surface area (Å²) < 4.78 is 5.37. The molecule has 0 saturated carbocycles. The van der Waals surface area contributed by atoms with E-state index in [1.54, 1.807) is 18.4 Å². The van der Waals surface area contributed by atoms with Crippen molar-refractivity contribution in [1.82, 2.24) is 20.1 Å². The minimum Gasteiger partial charge on any atom is -0.375 e. The van der Waals surface area contributed by atoms with Crippen molar-refractivity contribution < 1.29 is 4.74 Å². The zero-order valence-corrected chi connectivity index (χ0v) is 22.3. The molecule has 1 aliphatic heterocycles. The summed E-state index contributed by atoms with van der Waals surface area (Å²) in [5.41, 5.74) is 4.04. The second-order valence-electron chi connectivity index (χ2n) is 7.80. The third kappa shape index (κ3) is 7.69. The molecule has 1 atom stereocenters. The second-order valence-corrected chi connectivity index (χ2v) is 8.68. The van der Waals surface area contributed by atoms with Gasteiger partial charge in [0, 0.05) is 52.3 Å². The smallest absolute Gasteiger partial charge is 0.194 e. The maximum atomic E-state index is 5.37. The van der Waals surface area contributed by atoms with Crippen LogP contribution in [0.25, 0.3) is 0 Å². The average molecular weight is 558 g/mol. The molecule has 172 valence electrons. The first-order valence-electron chi connectivity index (χ1n) is 10.9.